The molecule has 0 unspecified atom stereocenters. The number of fused-ring (bicyclic) bond motifs is 1. The average molecular weight is 425 g/mol. The molecule has 0 bridgehead atoms. The van der Waals surface area contributed by atoms with Gasteiger partial charge in [0.05, 0.1) is 19.2 Å². The number of piperazine rings is 1. The van der Waals surface area contributed by atoms with Crippen molar-refractivity contribution >= 4 is 17.5 Å². The fourth-order valence-electron chi connectivity index (χ4n) is 4.81. The number of imide groups is 1. The third-order valence-electron chi connectivity index (χ3n) is 6.46. The van der Waals surface area contributed by atoms with Crippen LogP contribution in [-0.4, -0.2) is 57.9 Å². The fraction of sp³-hybridized carbons (Fsp3) is 0.391. The van der Waals surface area contributed by atoms with Crippen LogP contribution in [0.5, 0.6) is 17.2 Å². The average Bonchev–Trinajstić information content (AvgIpc) is 3.37. The zero-order valence-electron chi connectivity index (χ0n) is 17.6. The summed E-state index contributed by atoms with van der Waals surface area (Å²) in [5.41, 5.74) is 1.76. The maximum absolute atomic E-state index is 13.2. The quantitative estimate of drug-likeness (QED) is 0.604. The Morgan fingerprint density at radius 3 is 2.61 bits per heavy atom. The molecular formula is C23H27N3O5+2. The van der Waals surface area contributed by atoms with E-state index >= 15 is 0 Å². The molecule has 8 heteroatoms. The SMILES string of the molecule is COc1ccccc1N1C(=O)C[C@@H]([NH+]2CC[NH+](Cc3ccc4c(c3)OCO4)CC2)C1=O. The maximum atomic E-state index is 13.2. The first-order chi connectivity index (χ1) is 15.1. The van der Waals surface area contributed by atoms with E-state index < -0.39 is 0 Å². The van der Waals surface area contributed by atoms with Crippen molar-refractivity contribution in [3.8, 4) is 17.2 Å². The minimum absolute atomic E-state index is 0.122. The molecule has 2 aromatic carbocycles. The van der Waals surface area contributed by atoms with Crippen LogP contribution >= 0.6 is 0 Å². The van der Waals surface area contributed by atoms with Gasteiger partial charge >= 0.3 is 0 Å². The molecule has 1 atom stereocenters. The van der Waals surface area contributed by atoms with Gasteiger partial charge in [0.15, 0.2) is 17.5 Å². The van der Waals surface area contributed by atoms with Gasteiger partial charge in [0.1, 0.15) is 38.5 Å². The first-order valence-corrected chi connectivity index (χ1v) is 10.7. The van der Waals surface area contributed by atoms with Crippen LogP contribution in [0.25, 0.3) is 0 Å². The molecule has 3 aliphatic rings. The molecule has 2 amide bonds. The highest BCUT2D eigenvalue weighted by Crippen LogP contribution is 2.32. The van der Waals surface area contributed by atoms with Crippen LogP contribution in [0.4, 0.5) is 5.69 Å². The molecule has 2 aromatic rings. The number of carbonyl (C=O) groups excluding carboxylic acids is 2. The van der Waals surface area contributed by atoms with Crippen molar-refractivity contribution in [3.63, 3.8) is 0 Å². The summed E-state index contributed by atoms with van der Waals surface area (Å²) in [4.78, 5) is 29.9. The number of benzene rings is 2. The van der Waals surface area contributed by atoms with Crippen molar-refractivity contribution in [2.75, 3.05) is 45.0 Å². The molecule has 162 valence electrons. The lowest BCUT2D eigenvalue weighted by atomic mass is 10.1. The summed E-state index contributed by atoms with van der Waals surface area (Å²) < 4.78 is 16.2. The van der Waals surface area contributed by atoms with Gasteiger partial charge in [-0.05, 0) is 30.3 Å². The monoisotopic (exact) mass is 425 g/mol. The summed E-state index contributed by atoms with van der Waals surface area (Å²) in [5, 5.41) is 0. The minimum atomic E-state index is -0.315. The Balaban J connectivity index is 1.22. The lowest BCUT2D eigenvalue weighted by Gasteiger charge is -2.32. The lowest BCUT2D eigenvalue weighted by molar-refractivity contribution is -1.02. The highest BCUT2D eigenvalue weighted by molar-refractivity contribution is 6.22. The molecule has 3 heterocycles. The Morgan fingerprint density at radius 1 is 1.03 bits per heavy atom. The van der Waals surface area contributed by atoms with Crippen LogP contribution in [0.2, 0.25) is 0 Å². The molecule has 0 spiro atoms. The van der Waals surface area contributed by atoms with Gasteiger partial charge in [0.25, 0.3) is 5.91 Å². The van der Waals surface area contributed by atoms with Crippen molar-refractivity contribution in [2.24, 2.45) is 0 Å². The number of para-hydroxylation sites is 2. The first kappa shape index (κ1) is 19.8. The number of ether oxygens (including phenoxy) is 3. The molecule has 0 aliphatic carbocycles. The predicted molar refractivity (Wildman–Crippen MR) is 112 cm³/mol. The van der Waals surface area contributed by atoms with E-state index in [0.717, 1.165) is 44.2 Å². The Bertz CT molecular complexity index is 1000. The largest absolute Gasteiger partial charge is 0.495 e. The lowest BCUT2D eigenvalue weighted by Crippen LogP contribution is -3.29. The summed E-state index contributed by atoms with van der Waals surface area (Å²) in [6.45, 7) is 4.84. The third kappa shape index (κ3) is 3.73. The number of carbonyl (C=O) groups is 2. The van der Waals surface area contributed by atoms with Crippen molar-refractivity contribution in [1.82, 2.24) is 0 Å². The van der Waals surface area contributed by atoms with Gasteiger partial charge in [-0.25, -0.2) is 4.90 Å². The summed E-state index contributed by atoms with van der Waals surface area (Å²) >= 11 is 0. The normalized spacial score (nSPS) is 25.2. The Hall–Kier alpha value is -3.10. The molecule has 5 rings (SSSR count). The summed E-state index contributed by atoms with van der Waals surface area (Å²) in [6.07, 6.45) is 0.254. The van der Waals surface area contributed by atoms with E-state index in [0.29, 0.717) is 11.4 Å². The van der Waals surface area contributed by atoms with Gasteiger partial charge < -0.3 is 24.0 Å². The highest BCUT2D eigenvalue weighted by Gasteiger charge is 2.47. The van der Waals surface area contributed by atoms with Gasteiger partial charge in [-0.1, -0.05) is 12.1 Å². The van der Waals surface area contributed by atoms with Crippen LogP contribution in [-0.2, 0) is 16.1 Å². The van der Waals surface area contributed by atoms with Gasteiger partial charge in [0, 0.05) is 5.56 Å². The predicted octanol–water partition coefficient (Wildman–Crippen LogP) is -0.961. The molecule has 2 fully saturated rings. The zero-order chi connectivity index (χ0) is 21.4. The summed E-state index contributed by atoms with van der Waals surface area (Å²) in [5.74, 6) is 1.88. The van der Waals surface area contributed by atoms with Crippen molar-refractivity contribution in [3.05, 3.63) is 48.0 Å². The Kier molecular flexibility index (Phi) is 5.25. The van der Waals surface area contributed by atoms with E-state index in [1.54, 1.807) is 19.2 Å². The number of quaternary nitrogens is 2. The zero-order valence-corrected chi connectivity index (χ0v) is 17.6. The Morgan fingerprint density at radius 2 is 1.81 bits per heavy atom. The molecule has 31 heavy (non-hydrogen) atoms. The number of methoxy groups -OCH3 is 1. The van der Waals surface area contributed by atoms with Gasteiger partial charge in [-0.3, -0.25) is 9.59 Å². The number of amides is 2. The Labute approximate surface area is 180 Å². The second-order valence-electron chi connectivity index (χ2n) is 8.27. The molecule has 8 nitrogen and oxygen atoms in total. The molecule has 0 saturated carbocycles. The fourth-order valence-corrected chi connectivity index (χ4v) is 4.81. The third-order valence-corrected chi connectivity index (χ3v) is 6.46. The van der Waals surface area contributed by atoms with Crippen LogP contribution in [0, 0.1) is 0 Å². The molecule has 0 aromatic heterocycles. The number of rotatable bonds is 5. The van der Waals surface area contributed by atoms with E-state index in [-0.39, 0.29) is 31.1 Å². The second kappa shape index (κ2) is 8.20. The molecule has 2 saturated heterocycles. The summed E-state index contributed by atoms with van der Waals surface area (Å²) in [6, 6.07) is 13.0. The second-order valence-corrected chi connectivity index (χ2v) is 8.27. The van der Waals surface area contributed by atoms with E-state index in [1.165, 1.54) is 20.3 Å². The van der Waals surface area contributed by atoms with Crippen molar-refractivity contribution in [1.29, 1.82) is 0 Å². The van der Waals surface area contributed by atoms with Crippen LogP contribution in [0.1, 0.15) is 12.0 Å². The number of nitrogens with one attached hydrogen (secondary N) is 2. The first-order valence-electron chi connectivity index (χ1n) is 10.7. The minimum Gasteiger partial charge on any atom is -0.495 e. The maximum Gasteiger partial charge on any atom is 0.292 e. The van der Waals surface area contributed by atoms with Crippen LogP contribution < -0.4 is 28.9 Å². The van der Waals surface area contributed by atoms with Crippen molar-refractivity contribution < 1.29 is 33.6 Å². The van der Waals surface area contributed by atoms with E-state index in [9.17, 15) is 9.59 Å². The molecule has 3 aliphatic heterocycles. The van der Waals surface area contributed by atoms with Gasteiger partial charge in [0.2, 0.25) is 12.7 Å². The number of anilines is 1. The highest BCUT2D eigenvalue weighted by atomic mass is 16.7. The molecular weight excluding hydrogens is 398 g/mol. The smallest absolute Gasteiger partial charge is 0.292 e. The number of nitrogens with zero attached hydrogens (tertiary/aromatic N) is 1. The van der Waals surface area contributed by atoms with E-state index in [4.69, 9.17) is 14.2 Å². The molecule has 0 radical (unpaired) electrons. The van der Waals surface area contributed by atoms with Gasteiger partial charge in [-0.2, -0.15) is 0 Å². The van der Waals surface area contributed by atoms with Gasteiger partial charge in [-0.15, -0.1) is 0 Å². The van der Waals surface area contributed by atoms with Crippen molar-refractivity contribution in [2.45, 2.75) is 19.0 Å². The topological polar surface area (TPSA) is 73.9 Å². The van der Waals surface area contributed by atoms with E-state index in [1.807, 2.05) is 18.2 Å². The van der Waals surface area contributed by atoms with Crippen LogP contribution in [0.3, 0.4) is 0 Å². The van der Waals surface area contributed by atoms with E-state index in [2.05, 4.69) is 12.1 Å². The number of hydrogen-bond acceptors (Lipinski definition) is 5. The molecule has 2 N–H and O–H groups in total. The van der Waals surface area contributed by atoms with Crippen LogP contribution in [0.15, 0.2) is 42.5 Å². The standard InChI is InChI=1S/C23H25N3O5/c1-29-19-5-3-2-4-17(19)26-22(27)13-18(23(26)28)25-10-8-24(9-11-25)14-16-6-7-20-21(12-16)31-15-30-20/h2-7,12,18H,8-11,13-15H2,1H3/p+2/t18-/m1/s1. The number of hydrogen-bond donors (Lipinski definition) is 2. The summed E-state index contributed by atoms with van der Waals surface area (Å²) in [7, 11) is 1.55.